The number of rotatable bonds is 1. The lowest BCUT2D eigenvalue weighted by atomic mass is 9.88. The van der Waals surface area contributed by atoms with Gasteiger partial charge in [-0.15, -0.1) is 0 Å². The quantitative estimate of drug-likeness (QED) is 0.577. The first-order chi connectivity index (χ1) is 5.36. The molecule has 58 valence electrons. The molecule has 1 saturated heterocycles. The van der Waals surface area contributed by atoms with E-state index < -0.39 is 0 Å². The van der Waals surface area contributed by atoms with Gasteiger partial charge < -0.3 is 9.31 Å². The summed E-state index contributed by atoms with van der Waals surface area (Å²) < 4.78 is 11.9. The fourth-order valence-electron chi connectivity index (χ4n) is 1.10. The lowest BCUT2D eigenvalue weighted by Crippen LogP contribution is -2.28. The van der Waals surface area contributed by atoms with Crippen LogP contribution in [0.25, 0.3) is 0 Å². The summed E-state index contributed by atoms with van der Waals surface area (Å²) in [6.45, 7) is 3.53. The first-order valence-electron chi connectivity index (χ1n) is 3.64. The minimum Gasteiger partial charge on any atom is -0.404 e. The average molecular weight is 168 g/mol. The van der Waals surface area contributed by atoms with Gasteiger partial charge in [0.25, 0.3) is 0 Å². The molecular formula is C7H9BO2S. The van der Waals surface area contributed by atoms with Crippen molar-refractivity contribution in [2.24, 2.45) is 0 Å². The molecule has 11 heavy (non-hydrogen) atoms. The summed E-state index contributed by atoms with van der Waals surface area (Å²) in [7, 11) is -0.0892. The zero-order valence-corrected chi connectivity index (χ0v) is 7.19. The summed E-state index contributed by atoms with van der Waals surface area (Å²) in [6, 6.07) is 2.11. The number of hydrogen-bond acceptors (Lipinski definition) is 3. The number of hydrogen-bond donors (Lipinski definition) is 0. The molecule has 0 aromatic carbocycles. The fraction of sp³-hybridized carbons (Fsp3) is 0.429. The normalized spacial score (nSPS) is 17.7. The third-order valence-electron chi connectivity index (χ3n) is 1.60. The molecule has 1 fully saturated rings. The summed E-state index contributed by atoms with van der Waals surface area (Å²) in [5.41, 5.74) is 1.28. The minimum absolute atomic E-state index is 0.0892. The first kappa shape index (κ1) is 7.34. The molecule has 2 nitrogen and oxygen atoms in total. The van der Waals surface area contributed by atoms with Gasteiger partial charge in [0.1, 0.15) is 0 Å². The summed E-state index contributed by atoms with van der Waals surface area (Å²) >= 11 is 1.70. The van der Waals surface area contributed by atoms with Crippen LogP contribution in [-0.4, -0.2) is 20.3 Å². The Balaban J connectivity index is 2.15. The van der Waals surface area contributed by atoms with Crippen molar-refractivity contribution in [1.29, 1.82) is 0 Å². The van der Waals surface area contributed by atoms with Gasteiger partial charge >= 0.3 is 7.12 Å². The molecule has 2 heterocycles. The van der Waals surface area contributed by atoms with Gasteiger partial charge in [0, 0.05) is 4.78 Å². The largest absolute Gasteiger partial charge is 0.504 e. The molecule has 0 amide bonds. The number of aryl methyl sites for hydroxylation is 1. The molecule has 0 spiro atoms. The molecule has 1 aliphatic rings. The molecule has 1 aliphatic heterocycles. The smallest absolute Gasteiger partial charge is 0.404 e. The molecule has 4 heteroatoms. The van der Waals surface area contributed by atoms with Gasteiger partial charge in [-0.3, -0.25) is 0 Å². The molecule has 0 bridgehead atoms. The van der Waals surface area contributed by atoms with E-state index in [1.807, 2.05) is 0 Å². The highest BCUT2D eigenvalue weighted by atomic mass is 32.1. The molecular weight excluding hydrogens is 159 g/mol. The van der Waals surface area contributed by atoms with Crippen LogP contribution in [-0.2, 0) is 9.31 Å². The molecule has 0 aliphatic carbocycles. The van der Waals surface area contributed by atoms with Crippen molar-refractivity contribution >= 4 is 23.2 Å². The standard InChI is InChI=1S/C7H9BO2S/c1-6-4-7(11-5-6)8-9-2-3-10-8/h4-5H,2-3H2,1H3. The van der Waals surface area contributed by atoms with Crippen molar-refractivity contribution < 1.29 is 9.31 Å². The third kappa shape index (κ3) is 1.48. The van der Waals surface area contributed by atoms with Crippen LogP contribution in [0.5, 0.6) is 0 Å². The summed E-state index contributed by atoms with van der Waals surface area (Å²) in [5.74, 6) is 0. The molecule has 1 aromatic rings. The van der Waals surface area contributed by atoms with Crippen LogP contribution in [0.3, 0.4) is 0 Å². The monoisotopic (exact) mass is 168 g/mol. The predicted molar refractivity (Wildman–Crippen MR) is 46.3 cm³/mol. The Morgan fingerprint density at radius 1 is 1.45 bits per heavy atom. The molecule has 1 aromatic heterocycles. The predicted octanol–water partition coefficient (Wildman–Crippen LogP) is 0.799. The highest BCUT2D eigenvalue weighted by molar-refractivity contribution is 7.20. The van der Waals surface area contributed by atoms with Crippen molar-refractivity contribution in [1.82, 2.24) is 0 Å². The fourth-order valence-corrected chi connectivity index (χ4v) is 1.99. The van der Waals surface area contributed by atoms with Crippen LogP contribution in [0.2, 0.25) is 0 Å². The van der Waals surface area contributed by atoms with E-state index in [1.54, 1.807) is 11.3 Å². The van der Waals surface area contributed by atoms with Crippen LogP contribution in [0.4, 0.5) is 0 Å². The van der Waals surface area contributed by atoms with E-state index in [2.05, 4.69) is 18.4 Å². The Morgan fingerprint density at radius 2 is 2.18 bits per heavy atom. The van der Waals surface area contributed by atoms with Crippen LogP contribution >= 0.6 is 11.3 Å². The van der Waals surface area contributed by atoms with E-state index in [0.717, 1.165) is 13.2 Å². The SMILES string of the molecule is Cc1csc(B2OCCO2)c1. The van der Waals surface area contributed by atoms with Crippen molar-refractivity contribution in [3.05, 3.63) is 17.0 Å². The van der Waals surface area contributed by atoms with E-state index in [0.29, 0.717) is 0 Å². The maximum Gasteiger partial charge on any atom is 0.504 e. The summed E-state index contributed by atoms with van der Waals surface area (Å²) in [6.07, 6.45) is 0. The van der Waals surface area contributed by atoms with Crippen LogP contribution < -0.4 is 4.78 Å². The van der Waals surface area contributed by atoms with E-state index in [-0.39, 0.29) is 7.12 Å². The maximum atomic E-state index is 5.34. The Bertz CT molecular complexity index is 242. The third-order valence-corrected chi connectivity index (χ3v) is 2.68. The number of thiophene rings is 1. The van der Waals surface area contributed by atoms with Crippen LogP contribution in [0.15, 0.2) is 11.4 Å². The van der Waals surface area contributed by atoms with Gasteiger partial charge in [0.2, 0.25) is 0 Å². The second-order valence-corrected chi connectivity index (χ2v) is 3.54. The second-order valence-electron chi connectivity index (χ2n) is 2.60. The minimum atomic E-state index is -0.0892. The van der Waals surface area contributed by atoms with Crippen molar-refractivity contribution in [2.75, 3.05) is 13.2 Å². The van der Waals surface area contributed by atoms with E-state index >= 15 is 0 Å². The Labute approximate surface area is 70.3 Å². The van der Waals surface area contributed by atoms with Crippen LogP contribution in [0, 0.1) is 6.92 Å². The summed E-state index contributed by atoms with van der Waals surface area (Å²) in [5, 5.41) is 2.11. The van der Waals surface area contributed by atoms with Gasteiger partial charge in [-0.2, -0.15) is 11.3 Å². The molecule has 0 N–H and O–H groups in total. The van der Waals surface area contributed by atoms with Gasteiger partial charge in [0.15, 0.2) is 0 Å². The molecule has 0 saturated carbocycles. The van der Waals surface area contributed by atoms with Crippen molar-refractivity contribution in [3.63, 3.8) is 0 Å². The molecule has 0 radical (unpaired) electrons. The first-order valence-corrected chi connectivity index (χ1v) is 4.52. The van der Waals surface area contributed by atoms with Gasteiger partial charge in [0.05, 0.1) is 13.2 Å². The Kier molecular flexibility index (Phi) is 1.98. The topological polar surface area (TPSA) is 18.5 Å². The van der Waals surface area contributed by atoms with Gasteiger partial charge in [-0.1, -0.05) is 0 Å². The molecule has 0 atom stereocenters. The second kappa shape index (κ2) is 2.97. The van der Waals surface area contributed by atoms with Gasteiger partial charge in [-0.05, 0) is 23.9 Å². The average Bonchev–Trinajstić information content (AvgIpc) is 2.55. The van der Waals surface area contributed by atoms with E-state index in [1.165, 1.54) is 10.3 Å². The lowest BCUT2D eigenvalue weighted by molar-refractivity contribution is 0.365. The highest BCUT2D eigenvalue weighted by Gasteiger charge is 2.27. The van der Waals surface area contributed by atoms with Crippen molar-refractivity contribution in [2.45, 2.75) is 6.92 Å². The summed E-state index contributed by atoms with van der Waals surface area (Å²) in [4.78, 5) is 0. The highest BCUT2D eigenvalue weighted by Crippen LogP contribution is 2.07. The Hall–Kier alpha value is -0.315. The van der Waals surface area contributed by atoms with E-state index in [4.69, 9.17) is 9.31 Å². The Morgan fingerprint density at radius 3 is 2.73 bits per heavy atom. The molecule has 0 unspecified atom stereocenters. The molecule has 2 rings (SSSR count). The van der Waals surface area contributed by atoms with Crippen LogP contribution in [0.1, 0.15) is 5.56 Å². The zero-order valence-electron chi connectivity index (χ0n) is 6.37. The zero-order chi connectivity index (χ0) is 7.68. The van der Waals surface area contributed by atoms with Gasteiger partial charge in [-0.25, -0.2) is 0 Å². The van der Waals surface area contributed by atoms with Crippen molar-refractivity contribution in [3.8, 4) is 0 Å². The van der Waals surface area contributed by atoms with E-state index in [9.17, 15) is 0 Å². The lowest BCUT2D eigenvalue weighted by Gasteiger charge is -1.97. The maximum absolute atomic E-state index is 5.34.